The van der Waals surface area contributed by atoms with Crippen LogP contribution in [0.4, 0.5) is 5.95 Å². The lowest BCUT2D eigenvalue weighted by molar-refractivity contribution is 0.111. The number of benzene rings is 1. The van der Waals surface area contributed by atoms with Gasteiger partial charge in [0.15, 0.2) is 0 Å². The van der Waals surface area contributed by atoms with Crippen molar-refractivity contribution in [1.82, 2.24) is 20.3 Å². The Morgan fingerprint density at radius 2 is 1.90 bits per heavy atom. The number of hydrogen-bond donors (Lipinski definition) is 3. The molecule has 3 N–H and O–H groups in total. The van der Waals surface area contributed by atoms with E-state index in [1.165, 1.54) is 20.3 Å². The van der Waals surface area contributed by atoms with Crippen LogP contribution in [0.1, 0.15) is 18.5 Å². The molecule has 0 bridgehead atoms. The molecule has 2 aliphatic heterocycles. The summed E-state index contributed by atoms with van der Waals surface area (Å²) in [5, 5.41) is 17.8. The molecule has 0 spiro atoms. The van der Waals surface area contributed by atoms with Crippen LogP contribution in [-0.4, -0.2) is 78.5 Å². The van der Waals surface area contributed by atoms with Crippen LogP contribution in [0, 0.1) is 0 Å². The molecule has 4 heterocycles. The number of rotatable bonds is 10. The van der Waals surface area contributed by atoms with Gasteiger partial charge in [-0.1, -0.05) is 29.8 Å². The molecule has 10 nitrogen and oxygen atoms in total. The minimum atomic E-state index is -0.840. The second kappa shape index (κ2) is 12.2. The van der Waals surface area contributed by atoms with Crippen LogP contribution in [0.2, 0.25) is 10.0 Å². The van der Waals surface area contributed by atoms with Crippen LogP contribution < -0.4 is 20.1 Å². The molecule has 1 aromatic carbocycles. The van der Waals surface area contributed by atoms with Crippen molar-refractivity contribution in [3.05, 3.63) is 46.7 Å². The Balaban J connectivity index is 1.56. The smallest absolute Gasteiger partial charge is 0.223 e. The molecule has 2 saturated heterocycles. The van der Waals surface area contributed by atoms with Crippen molar-refractivity contribution in [2.75, 3.05) is 39.4 Å². The Bertz CT molecular complexity index is 1330. The first-order valence-corrected chi connectivity index (χ1v) is 13.5. The van der Waals surface area contributed by atoms with Gasteiger partial charge in [0.2, 0.25) is 5.95 Å². The molecule has 4 atom stereocenters. The first-order valence-electron chi connectivity index (χ1n) is 12.7. The fourth-order valence-corrected chi connectivity index (χ4v) is 5.59. The van der Waals surface area contributed by atoms with Crippen LogP contribution in [0.25, 0.3) is 22.2 Å². The van der Waals surface area contributed by atoms with Crippen molar-refractivity contribution >= 4 is 40.1 Å². The Kier molecular flexibility index (Phi) is 8.70. The molecule has 2 aliphatic rings. The second-order valence-electron chi connectivity index (χ2n) is 9.45. The van der Waals surface area contributed by atoms with Crippen molar-refractivity contribution in [2.45, 2.75) is 43.7 Å². The number of aliphatic hydroxyl groups is 1. The highest BCUT2D eigenvalue weighted by Crippen LogP contribution is 2.46. The summed E-state index contributed by atoms with van der Waals surface area (Å²) in [5.41, 5.74) is 2.50. The van der Waals surface area contributed by atoms with Gasteiger partial charge in [0, 0.05) is 36.2 Å². The van der Waals surface area contributed by atoms with E-state index in [2.05, 4.69) is 22.2 Å². The van der Waals surface area contributed by atoms with Crippen molar-refractivity contribution in [3.8, 4) is 22.8 Å². The zero-order chi connectivity index (χ0) is 27.5. The fourth-order valence-electron chi connectivity index (χ4n) is 4.89. The van der Waals surface area contributed by atoms with E-state index < -0.39 is 6.23 Å². The monoisotopic (exact) mass is 575 g/mol. The molecule has 2 fully saturated rings. The Hall–Kier alpha value is -2.73. The van der Waals surface area contributed by atoms with Gasteiger partial charge in [-0.2, -0.15) is 0 Å². The first kappa shape index (κ1) is 27.8. The summed E-state index contributed by atoms with van der Waals surface area (Å²) in [5.74, 6) is 1.28. The summed E-state index contributed by atoms with van der Waals surface area (Å²) >= 11 is 13.4. The molecular weight excluding hydrogens is 545 g/mol. The molecule has 208 valence electrons. The minimum absolute atomic E-state index is 0.0327. The fraction of sp³-hybridized carbons (Fsp3) is 0.444. The maximum Gasteiger partial charge on any atom is 0.223 e. The molecule has 0 aliphatic carbocycles. The summed E-state index contributed by atoms with van der Waals surface area (Å²) < 4.78 is 22.5. The quantitative estimate of drug-likeness (QED) is 0.241. The van der Waals surface area contributed by atoms with Gasteiger partial charge in [-0.25, -0.2) is 9.97 Å². The highest BCUT2D eigenvalue weighted by Gasteiger charge is 2.30. The largest absolute Gasteiger partial charge is 0.495 e. The highest BCUT2D eigenvalue weighted by molar-refractivity contribution is 6.41. The molecule has 12 heteroatoms. The van der Waals surface area contributed by atoms with Gasteiger partial charge in [0.05, 0.1) is 72.6 Å². The van der Waals surface area contributed by atoms with E-state index in [0.717, 1.165) is 30.5 Å². The number of fused-ring (bicyclic) bond motifs is 1. The third-order valence-electron chi connectivity index (χ3n) is 6.92. The Morgan fingerprint density at radius 3 is 2.56 bits per heavy atom. The number of pyridine rings is 1. The summed E-state index contributed by atoms with van der Waals surface area (Å²) in [4.78, 5) is 14.4. The first-order chi connectivity index (χ1) is 18.9. The van der Waals surface area contributed by atoms with Crippen molar-refractivity contribution in [1.29, 1.82) is 0 Å². The third kappa shape index (κ3) is 5.91. The number of aliphatic hydroxyl groups excluding tert-OH is 1. The maximum absolute atomic E-state index is 9.94. The Labute approximate surface area is 236 Å². The summed E-state index contributed by atoms with van der Waals surface area (Å²) in [6.45, 7) is 5.22. The van der Waals surface area contributed by atoms with Crippen molar-refractivity contribution in [3.63, 3.8) is 0 Å². The SMILES string of the molecule is C=CC(O)N[C@H]1COC[C@H]1Nc1ncc2cc(-c3c(Cl)c(OC)cc(OC)c3Cl)nc(CC3CCCO3)c2n1. The predicted octanol–water partition coefficient (Wildman–Crippen LogP) is 4.01. The number of ether oxygens (including phenoxy) is 4. The molecule has 5 rings (SSSR count). The number of hydrogen-bond acceptors (Lipinski definition) is 10. The number of nitrogens with zero attached hydrogens (tertiary/aromatic N) is 3. The van der Waals surface area contributed by atoms with E-state index in [1.807, 2.05) is 6.07 Å². The molecular formula is C27H31Cl2N5O5. The van der Waals surface area contributed by atoms with Crippen LogP contribution >= 0.6 is 23.2 Å². The lowest BCUT2D eigenvalue weighted by atomic mass is 10.0. The second-order valence-corrected chi connectivity index (χ2v) is 10.2. The van der Waals surface area contributed by atoms with Crippen molar-refractivity contribution < 1.29 is 24.1 Å². The van der Waals surface area contributed by atoms with Gasteiger partial charge in [0.25, 0.3) is 0 Å². The number of aromatic nitrogens is 3. The Morgan fingerprint density at radius 1 is 1.15 bits per heavy atom. The van der Waals surface area contributed by atoms with Gasteiger partial charge < -0.3 is 29.4 Å². The van der Waals surface area contributed by atoms with E-state index in [1.54, 1.807) is 12.3 Å². The zero-order valence-corrected chi connectivity index (χ0v) is 23.3. The van der Waals surface area contributed by atoms with Crippen molar-refractivity contribution in [2.24, 2.45) is 0 Å². The number of halogens is 2. The average molecular weight is 576 g/mol. The van der Waals surface area contributed by atoms with E-state index >= 15 is 0 Å². The third-order valence-corrected chi connectivity index (χ3v) is 7.67. The standard InChI is InChI=1S/C27H31Cl2N5O5/c1-4-22(35)32-18-12-38-13-19(18)33-27-30-11-14-8-16(23-24(28)20(36-2)10-21(37-3)25(23)29)31-17(26(14)34-27)9-15-6-5-7-39-15/h4,8,10-11,15,18-19,22,32,35H,1,5-7,9,12-13H2,2-3H3,(H,30,33,34)/t15?,18-,19+,22?/m0/s1. The normalized spacial score (nSPS) is 21.7. The molecule has 0 saturated carbocycles. The summed E-state index contributed by atoms with van der Waals surface area (Å²) in [7, 11) is 3.07. The van der Waals surface area contributed by atoms with E-state index in [0.29, 0.717) is 63.9 Å². The van der Waals surface area contributed by atoms with Crippen LogP contribution in [0.5, 0.6) is 11.5 Å². The summed E-state index contributed by atoms with van der Waals surface area (Å²) in [6, 6.07) is 3.21. The maximum atomic E-state index is 9.94. The lowest BCUT2D eigenvalue weighted by Gasteiger charge is -2.22. The van der Waals surface area contributed by atoms with Gasteiger partial charge in [-0.3, -0.25) is 10.3 Å². The van der Waals surface area contributed by atoms with Gasteiger partial charge in [-0.15, -0.1) is 0 Å². The van der Waals surface area contributed by atoms with Gasteiger partial charge in [-0.05, 0) is 25.0 Å². The van der Waals surface area contributed by atoms with Crippen LogP contribution in [-0.2, 0) is 15.9 Å². The van der Waals surface area contributed by atoms with E-state index in [-0.39, 0.29) is 18.2 Å². The van der Waals surface area contributed by atoms with E-state index in [4.69, 9.17) is 52.1 Å². The summed E-state index contributed by atoms with van der Waals surface area (Å²) in [6.07, 6.45) is 4.87. The average Bonchev–Trinajstić information content (AvgIpc) is 3.61. The van der Waals surface area contributed by atoms with Gasteiger partial charge >= 0.3 is 0 Å². The highest BCUT2D eigenvalue weighted by atomic mass is 35.5. The molecule has 39 heavy (non-hydrogen) atoms. The van der Waals surface area contributed by atoms with E-state index in [9.17, 15) is 5.11 Å². The molecule has 3 aromatic rings. The molecule has 2 aromatic heterocycles. The molecule has 0 radical (unpaired) electrons. The topological polar surface area (TPSA) is 120 Å². The van der Waals surface area contributed by atoms with Gasteiger partial charge in [0.1, 0.15) is 17.7 Å². The lowest BCUT2D eigenvalue weighted by Crippen LogP contribution is -2.47. The van der Waals surface area contributed by atoms with Crippen LogP contribution in [0.15, 0.2) is 31.0 Å². The number of nitrogens with one attached hydrogen (secondary N) is 2. The molecule has 0 amide bonds. The number of anilines is 1. The molecule has 2 unspecified atom stereocenters. The minimum Gasteiger partial charge on any atom is -0.495 e. The zero-order valence-electron chi connectivity index (χ0n) is 21.7. The number of methoxy groups -OCH3 is 2. The van der Waals surface area contributed by atoms with Crippen LogP contribution in [0.3, 0.4) is 0 Å². The predicted molar refractivity (Wildman–Crippen MR) is 150 cm³/mol.